The molecule has 0 aliphatic rings. The minimum Gasteiger partial charge on any atom is -0.398 e. The molecular formula is C13H12F2N2O2S. The Balaban J connectivity index is 2.40. The second-order valence-electron chi connectivity index (χ2n) is 4.30. The molecule has 3 N–H and O–H groups in total. The fraction of sp³-hybridized carbons (Fsp3) is 0.0769. The van der Waals surface area contributed by atoms with Gasteiger partial charge in [-0.3, -0.25) is 4.72 Å². The van der Waals surface area contributed by atoms with E-state index in [2.05, 4.69) is 4.72 Å². The van der Waals surface area contributed by atoms with Gasteiger partial charge in [0.15, 0.2) is 0 Å². The zero-order valence-electron chi connectivity index (χ0n) is 10.5. The number of halogens is 2. The zero-order chi connectivity index (χ0) is 14.9. The lowest BCUT2D eigenvalue weighted by molar-refractivity contribution is 0.600. The Morgan fingerprint density at radius 2 is 1.75 bits per heavy atom. The molecule has 0 unspecified atom stereocenters. The molecule has 20 heavy (non-hydrogen) atoms. The number of aryl methyl sites for hydroxylation is 1. The summed E-state index contributed by atoms with van der Waals surface area (Å²) in [6, 6.07) is 6.74. The summed E-state index contributed by atoms with van der Waals surface area (Å²) in [6.07, 6.45) is 0. The van der Waals surface area contributed by atoms with Crippen molar-refractivity contribution in [2.24, 2.45) is 0 Å². The number of sulfonamides is 1. The molecule has 0 aliphatic heterocycles. The molecule has 0 spiro atoms. The number of nitrogens with one attached hydrogen (secondary N) is 1. The highest BCUT2D eigenvalue weighted by Gasteiger charge is 2.18. The largest absolute Gasteiger partial charge is 0.398 e. The lowest BCUT2D eigenvalue weighted by Gasteiger charge is -2.11. The van der Waals surface area contributed by atoms with Gasteiger partial charge in [0.2, 0.25) is 0 Å². The average molecular weight is 298 g/mol. The molecule has 0 atom stereocenters. The number of benzene rings is 2. The second kappa shape index (κ2) is 5.09. The third-order valence-corrected chi connectivity index (χ3v) is 4.01. The van der Waals surface area contributed by atoms with E-state index in [0.29, 0.717) is 5.56 Å². The lowest BCUT2D eigenvalue weighted by atomic mass is 10.2. The van der Waals surface area contributed by atoms with E-state index in [9.17, 15) is 17.2 Å². The summed E-state index contributed by atoms with van der Waals surface area (Å²) in [5, 5.41) is 0. The smallest absolute Gasteiger partial charge is 0.263 e. The standard InChI is InChI=1S/C13H12F2N2O2S/c1-8-4-10(15)6-11(5-8)17-20(18,19)13-3-2-9(14)7-12(13)16/h2-7,17H,16H2,1H3. The van der Waals surface area contributed by atoms with Crippen molar-refractivity contribution in [2.75, 3.05) is 10.5 Å². The van der Waals surface area contributed by atoms with Crippen molar-refractivity contribution in [2.45, 2.75) is 11.8 Å². The van der Waals surface area contributed by atoms with Crippen LogP contribution in [-0.4, -0.2) is 8.42 Å². The van der Waals surface area contributed by atoms with Crippen LogP contribution in [0.4, 0.5) is 20.2 Å². The van der Waals surface area contributed by atoms with Crippen molar-refractivity contribution in [3.8, 4) is 0 Å². The van der Waals surface area contributed by atoms with E-state index in [1.54, 1.807) is 6.92 Å². The van der Waals surface area contributed by atoms with Crippen LogP contribution in [0.5, 0.6) is 0 Å². The fourth-order valence-corrected chi connectivity index (χ4v) is 2.92. The summed E-state index contributed by atoms with van der Waals surface area (Å²) >= 11 is 0. The normalized spacial score (nSPS) is 11.3. The van der Waals surface area contributed by atoms with Crippen LogP contribution in [0.1, 0.15) is 5.56 Å². The number of hydrogen-bond acceptors (Lipinski definition) is 3. The van der Waals surface area contributed by atoms with E-state index in [1.165, 1.54) is 12.1 Å². The van der Waals surface area contributed by atoms with Crippen LogP contribution in [0.25, 0.3) is 0 Å². The molecule has 106 valence electrons. The van der Waals surface area contributed by atoms with Gasteiger partial charge in [0.05, 0.1) is 11.4 Å². The molecule has 0 saturated carbocycles. The van der Waals surface area contributed by atoms with Gasteiger partial charge in [-0.2, -0.15) is 0 Å². The minimum absolute atomic E-state index is 0.0752. The molecule has 0 saturated heterocycles. The zero-order valence-corrected chi connectivity index (χ0v) is 11.3. The maximum atomic E-state index is 13.2. The van der Waals surface area contributed by atoms with Crippen LogP contribution in [-0.2, 0) is 10.0 Å². The summed E-state index contributed by atoms with van der Waals surface area (Å²) in [6.45, 7) is 1.63. The highest BCUT2D eigenvalue weighted by atomic mass is 32.2. The quantitative estimate of drug-likeness (QED) is 0.856. The van der Waals surface area contributed by atoms with Crippen LogP contribution in [0, 0.1) is 18.6 Å². The predicted molar refractivity (Wildman–Crippen MR) is 72.8 cm³/mol. The number of rotatable bonds is 3. The van der Waals surface area contributed by atoms with Crippen molar-refractivity contribution in [3.05, 3.63) is 53.6 Å². The van der Waals surface area contributed by atoms with E-state index in [4.69, 9.17) is 5.73 Å². The first kappa shape index (κ1) is 14.3. The van der Waals surface area contributed by atoms with E-state index in [0.717, 1.165) is 24.3 Å². The van der Waals surface area contributed by atoms with Gasteiger partial charge in [0.25, 0.3) is 10.0 Å². The van der Waals surface area contributed by atoms with Crippen LogP contribution in [0.15, 0.2) is 41.3 Å². The van der Waals surface area contributed by atoms with Crippen molar-refractivity contribution < 1.29 is 17.2 Å². The first-order valence-corrected chi connectivity index (χ1v) is 7.11. The number of hydrogen-bond donors (Lipinski definition) is 2. The predicted octanol–water partition coefficient (Wildman–Crippen LogP) is 2.66. The second-order valence-corrected chi connectivity index (χ2v) is 5.96. The minimum atomic E-state index is -4.00. The first-order valence-electron chi connectivity index (χ1n) is 5.63. The third-order valence-electron chi connectivity index (χ3n) is 2.56. The van der Waals surface area contributed by atoms with Gasteiger partial charge < -0.3 is 5.73 Å². The molecule has 0 amide bonds. The Kier molecular flexibility index (Phi) is 3.63. The molecule has 2 aromatic rings. The van der Waals surface area contributed by atoms with E-state index in [-0.39, 0.29) is 16.3 Å². The molecule has 2 aromatic carbocycles. The molecule has 4 nitrogen and oxygen atoms in total. The highest BCUT2D eigenvalue weighted by Crippen LogP contribution is 2.23. The Morgan fingerprint density at radius 1 is 1.05 bits per heavy atom. The Morgan fingerprint density at radius 3 is 2.35 bits per heavy atom. The molecular weight excluding hydrogens is 286 g/mol. The van der Waals surface area contributed by atoms with Gasteiger partial charge in [-0.1, -0.05) is 0 Å². The molecule has 0 aliphatic carbocycles. The van der Waals surface area contributed by atoms with Crippen LogP contribution < -0.4 is 10.5 Å². The summed E-state index contributed by atoms with van der Waals surface area (Å²) in [5.41, 5.74) is 5.91. The third kappa shape index (κ3) is 3.05. The van der Waals surface area contributed by atoms with Gasteiger partial charge in [-0.25, -0.2) is 17.2 Å². The van der Waals surface area contributed by atoms with Gasteiger partial charge in [0, 0.05) is 0 Å². The molecule has 0 fully saturated rings. The van der Waals surface area contributed by atoms with E-state index >= 15 is 0 Å². The van der Waals surface area contributed by atoms with Crippen molar-refractivity contribution in [3.63, 3.8) is 0 Å². The average Bonchev–Trinajstić information content (AvgIpc) is 2.25. The van der Waals surface area contributed by atoms with Crippen LogP contribution in [0.2, 0.25) is 0 Å². The molecule has 2 rings (SSSR count). The maximum absolute atomic E-state index is 13.2. The Bertz CT molecular complexity index is 741. The molecule has 7 heteroatoms. The summed E-state index contributed by atoms with van der Waals surface area (Å²) in [7, 11) is -4.00. The number of nitrogens with two attached hydrogens (primary N) is 1. The molecule has 0 aromatic heterocycles. The van der Waals surface area contributed by atoms with Gasteiger partial charge in [0.1, 0.15) is 16.5 Å². The topological polar surface area (TPSA) is 72.2 Å². The Hall–Kier alpha value is -2.15. The molecule has 0 heterocycles. The summed E-state index contributed by atoms with van der Waals surface area (Å²) in [5.74, 6) is -1.20. The fourth-order valence-electron chi connectivity index (χ4n) is 1.77. The van der Waals surface area contributed by atoms with Crippen molar-refractivity contribution in [1.82, 2.24) is 0 Å². The monoisotopic (exact) mass is 298 g/mol. The summed E-state index contributed by atoms with van der Waals surface area (Å²) in [4.78, 5) is -0.263. The molecule has 0 bridgehead atoms. The SMILES string of the molecule is Cc1cc(F)cc(NS(=O)(=O)c2ccc(F)cc2N)c1. The van der Waals surface area contributed by atoms with Crippen molar-refractivity contribution >= 4 is 21.4 Å². The van der Waals surface area contributed by atoms with Crippen LogP contribution in [0.3, 0.4) is 0 Å². The summed E-state index contributed by atoms with van der Waals surface area (Å²) < 4.78 is 52.6. The first-order chi connectivity index (χ1) is 9.28. The Labute approximate surface area is 115 Å². The number of anilines is 2. The van der Waals surface area contributed by atoms with E-state index < -0.39 is 21.7 Å². The van der Waals surface area contributed by atoms with Gasteiger partial charge in [-0.15, -0.1) is 0 Å². The number of nitrogen functional groups attached to an aromatic ring is 1. The maximum Gasteiger partial charge on any atom is 0.263 e. The van der Waals surface area contributed by atoms with Gasteiger partial charge in [-0.05, 0) is 48.9 Å². The van der Waals surface area contributed by atoms with Gasteiger partial charge >= 0.3 is 0 Å². The molecule has 0 radical (unpaired) electrons. The lowest BCUT2D eigenvalue weighted by Crippen LogP contribution is -2.15. The highest BCUT2D eigenvalue weighted by molar-refractivity contribution is 7.92. The van der Waals surface area contributed by atoms with E-state index in [1.807, 2.05) is 0 Å². The van der Waals surface area contributed by atoms with Crippen LogP contribution >= 0.6 is 0 Å². The van der Waals surface area contributed by atoms with Crippen molar-refractivity contribution in [1.29, 1.82) is 0 Å².